The van der Waals surface area contributed by atoms with Crippen molar-refractivity contribution in [2.45, 2.75) is 32.1 Å². The Hall–Kier alpha value is -1.56. The summed E-state index contributed by atoms with van der Waals surface area (Å²) >= 11 is 1.33. The Bertz CT molecular complexity index is 523. The van der Waals surface area contributed by atoms with Crippen LogP contribution in [0, 0.1) is 5.82 Å². The third-order valence-electron chi connectivity index (χ3n) is 2.35. The maximum Gasteiger partial charge on any atom is 0.340 e. The number of carbonyl (C=O) groups excluding carboxylic acids is 2. The quantitative estimate of drug-likeness (QED) is 0.781. The summed E-state index contributed by atoms with van der Waals surface area (Å²) in [5, 5.41) is 0. The summed E-state index contributed by atoms with van der Waals surface area (Å²) in [6.45, 7) is 5.41. The van der Waals surface area contributed by atoms with Gasteiger partial charge >= 0.3 is 11.9 Å². The number of halogens is 1. The molecule has 0 aromatic heterocycles. The minimum atomic E-state index is -0.708. The molecule has 6 heteroatoms. The fourth-order valence-corrected chi connectivity index (χ4v) is 2.29. The molecule has 1 aromatic carbocycles. The van der Waals surface area contributed by atoms with Crippen molar-refractivity contribution in [3.63, 3.8) is 0 Å². The predicted octanol–water partition coefficient (Wildman–Crippen LogP) is 3.19. The Morgan fingerprint density at radius 3 is 2.48 bits per heavy atom. The second-order valence-corrected chi connectivity index (χ2v) is 6.37. The molecule has 1 aromatic rings. The van der Waals surface area contributed by atoms with E-state index in [4.69, 9.17) is 4.74 Å². The molecule has 0 spiro atoms. The Labute approximate surface area is 128 Å². The highest BCUT2D eigenvalue weighted by Gasteiger charge is 2.16. The van der Waals surface area contributed by atoms with Crippen molar-refractivity contribution in [2.75, 3.05) is 12.9 Å². The van der Waals surface area contributed by atoms with Crippen molar-refractivity contribution in [3.05, 3.63) is 35.1 Å². The lowest BCUT2D eigenvalue weighted by Crippen LogP contribution is -2.24. The van der Waals surface area contributed by atoms with E-state index in [2.05, 4.69) is 4.74 Å². The second kappa shape index (κ2) is 7.45. The zero-order chi connectivity index (χ0) is 16.0. The van der Waals surface area contributed by atoms with Crippen molar-refractivity contribution < 1.29 is 23.5 Å². The summed E-state index contributed by atoms with van der Waals surface area (Å²) in [6.07, 6.45) is 0. The summed E-state index contributed by atoms with van der Waals surface area (Å²) in [6, 6.07) is 4.29. The minimum absolute atomic E-state index is 0.0987. The van der Waals surface area contributed by atoms with Crippen LogP contribution in [0.4, 0.5) is 4.39 Å². The van der Waals surface area contributed by atoms with E-state index in [0.29, 0.717) is 11.3 Å². The number of carbonyl (C=O) groups is 2. The van der Waals surface area contributed by atoms with E-state index >= 15 is 0 Å². The van der Waals surface area contributed by atoms with Crippen molar-refractivity contribution in [1.82, 2.24) is 0 Å². The molecule has 0 fully saturated rings. The number of benzene rings is 1. The van der Waals surface area contributed by atoms with Gasteiger partial charge in [0.15, 0.2) is 0 Å². The summed E-state index contributed by atoms with van der Waals surface area (Å²) in [7, 11) is 1.20. The van der Waals surface area contributed by atoms with Crippen LogP contribution in [0.25, 0.3) is 0 Å². The molecular formula is C15H19FO4S. The lowest BCUT2D eigenvalue weighted by molar-refractivity contribution is -0.151. The monoisotopic (exact) mass is 314 g/mol. The van der Waals surface area contributed by atoms with Gasteiger partial charge in [0.1, 0.15) is 11.4 Å². The van der Waals surface area contributed by atoms with Crippen LogP contribution in [-0.2, 0) is 20.0 Å². The third-order valence-corrected chi connectivity index (χ3v) is 3.32. The van der Waals surface area contributed by atoms with Crippen LogP contribution >= 0.6 is 11.8 Å². The van der Waals surface area contributed by atoms with E-state index in [0.717, 1.165) is 0 Å². The highest BCUT2D eigenvalue weighted by Crippen LogP contribution is 2.18. The number of esters is 2. The number of hydrogen-bond donors (Lipinski definition) is 0. The van der Waals surface area contributed by atoms with Gasteiger partial charge in [-0.2, -0.15) is 0 Å². The maximum atomic E-state index is 13.7. The maximum absolute atomic E-state index is 13.7. The Balaban J connectivity index is 2.52. The predicted molar refractivity (Wildman–Crippen MR) is 79.7 cm³/mol. The molecule has 4 nitrogen and oxygen atoms in total. The molecule has 0 saturated heterocycles. The number of rotatable bonds is 5. The van der Waals surface area contributed by atoms with Gasteiger partial charge in [-0.05, 0) is 38.5 Å². The van der Waals surface area contributed by atoms with E-state index < -0.39 is 17.4 Å². The lowest BCUT2D eigenvalue weighted by atomic mass is 10.1. The van der Waals surface area contributed by atoms with Crippen molar-refractivity contribution in [1.29, 1.82) is 0 Å². The van der Waals surface area contributed by atoms with Crippen LogP contribution in [0.5, 0.6) is 0 Å². The molecule has 0 aliphatic rings. The van der Waals surface area contributed by atoms with Gasteiger partial charge in [-0.1, -0.05) is 6.07 Å². The molecule has 0 bridgehead atoms. The molecule has 0 aliphatic heterocycles. The second-order valence-electron chi connectivity index (χ2n) is 5.39. The highest BCUT2D eigenvalue weighted by molar-refractivity contribution is 7.99. The molecule has 0 heterocycles. The first kappa shape index (κ1) is 17.5. The van der Waals surface area contributed by atoms with Gasteiger partial charge in [0.05, 0.1) is 18.4 Å². The molecule has 116 valence electrons. The molecule has 0 unspecified atom stereocenters. The molecule has 0 aliphatic carbocycles. The van der Waals surface area contributed by atoms with Crippen LogP contribution < -0.4 is 0 Å². The van der Waals surface area contributed by atoms with Gasteiger partial charge in [-0.3, -0.25) is 4.79 Å². The average Bonchev–Trinajstić information content (AvgIpc) is 2.36. The van der Waals surface area contributed by atoms with Crippen molar-refractivity contribution >= 4 is 23.7 Å². The van der Waals surface area contributed by atoms with Crippen molar-refractivity contribution in [3.8, 4) is 0 Å². The molecule has 21 heavy (non-hydrogen) atoms. The van der Waals surface area contributed by atoms with Gasteiger partial charge in [0.2, 0.25) is 0 Å². The Morgan fingerprint density at radius 2 is 1.95 bits per heavy atom. The first-order valence-electron chi connectivity index (χ1n) is 6.39. The fraction of sp³-hybridized carbons (Fsp3) is 0.467. The SMILES string of the molecule is COC(=O)c1ccc(CSCC(=O)OC(C)(C)C)cc1F. The smallest absolute Gasteiger partial charge is 0.340 e. The van der Waals surface area contributed by atoms with Crippen LogP contribution in [0.3, 0.4) is 0 Å². The number of thioether (sulfide) groups is 1. The largest absolute Gasteiger partial charge is 0.465 e. The highest BCUT2D eigenvalue weighted by atomic mass is 32.2. The van der Waals surface area contributed by atoms with E-state index in [-0.39, 0.29) is 17.3 Å². The number of hydrogen-bond acceptors (Lipinski definition) is 5. The summed E-state index contributed by atoms with van der Waals surface area (Å²) in [5.74, 6) is -0.994. The van der Waals surface area contributed by atoms with Crippen LogP contribution in [0.1, 0.15) is 36.7 Å². The van der Waals surface area contributed by atoms with Gasteiger partial charge in [-0.25, -0.2) is 9.18 Å². The molecule has 1 rings (SSSR count). The topological polar surface area (TPSA) is 52.6 Å². The molecule has 0 atom stereocenters. The Kier molecular flexibility index (Phi) is 6.20. The van der Waals surface area contributed by atoms with Gasteiger partial charge in [0.25, 0.3) is 0 Å². The first-order chi connectivity index (χ1) is 9.73. The summed E-state index contributed by atoms with van der Waals surface area (Å²) in [4.78, 5) is 22.8. The Morgan fingerprint density at radius 1 is 1.29 bits per heavy atom. The standard InChI is InChI=1S/C15H19FO4S/c1-15(2,3)20-13(17)9-21-8-10-5-6-11(12(16)7-10)14(18)19-4/h5-7H,8-9H2,1-4H3. The minimum Gasteiger partial charge on any atom is -0.465 e. The molecule has 0 N–H and O–H groups in total. The summed E-state index contributed by atoms with van der Waals surface area (Å²) in [5.41, 5.74) is 0.0819. The van der Waals surface area contributed by atoms with Crippen LogP contribution in [-0.4, -0.2) is 30.4 Å². The molecular weight excluding hydrogens is 295 g/mol. The normalized spacial score (nSPS) is 11.1. The van der Waals surface area contributed by atoms with Gasteiger partial charge in [-0.15, -0.1) is 11.8 Å². The molecule has 0 radical (unpaired) electrons. The lowest BCUT2D eigenvalue weighted by Gasteiger charge is -2.19. The van der Waals surface area contributed by atoms with E-state index in [1.54, 1.807) is 26.8 Å². The fourth-order valence-electron chi connectivity index (χ4n) is 1.55. The van der Waals surface area contributed by atoms with E-state index in [1.807, 2.05) is 0 Å². The van der Waals surface area contributed by atoms with Crippen LogP contribution in [0.15, 0.2) is 18.2 Å². The zero-order valence-corrected chi connectivity index (χ0v) is 13.4. The molecule has 0 saturated carbocycles. The first-order valence-corrected chi connectivity index (χ1v) is 7.55. The number of methoxy groups -OCH3 is 1. The van der Waals surface area contributed by atoms with Gasteiger partial charge in [0, 0.05) is 5.75 Å². The number of ether oxygens (including phenoxy) is 2. The zero-order valence-electron chi connectivity index (χ0n) is 12.6. The van der Waals surface area contributed by atoms with E-state index in [1.165, 1.54) is 31.0 Å². The molecule has 0 amide bonds. The van der Waals surface area contributed by atoms with Crippen LogP contribution in [0.2, 0.25) is 0 Å². The summed E-state index contributed by atoms with van der Waals surface area (Å²) < 4.78 is 23.3. The van der Waals surface area contributed by atoms with E-state index in [9.17, 15) is 14.0 Å². The van der Waals surface area contributed by atoms with Gasteiger partial charge < -0.3 is 9.47 Å². The van der Waals surface area contributed by atoms with Crippen molar-refractivity contribution in [2.24, 2.45) is 0 Å². The third kappa shape index (κ3) is 6.16. The average molecular weight is 314 g/mol.